The summed E-state index contributed by atoms with van der Waals surface area (Å²) in [6.45, 7) is 0.966. The third-order valence-electron chi connectivity index (χ3n) is 2.53. The van der Waals surface area contributed by atoms with Gasteiger partial charge in [-0.2, -0.15) is 0 Å². The first-order valence-corrected chi connectivity index (χ1v) is 4.29. The Kier molecular flexibility index (Phi) is 1.83. The number of alkyl halides is 2. The summed E-state index contributed by atoms with van der Waals surface area (Å²) in [5.74, 6) is 0.461. The SMILES string of the molecule is FC(F)[C@H]1C[C@@H]1NCC1CC1. The van der Waals surface area contributed by atoms with Crippen LogP contribution in [0, 0.1) is 11.8 Å². The van der Waals surface area contributed by atoms with E-state index >= 15 is 0 Å². The third-order valence-corrected chi connectivity index (χ3v) is 2.53. The minimum atomic E-state index is -2.10. The highest BCUT2D eigenvalue weighted by atomic mass is 19.3. The predicted octanol–water partition coefficient (Wildman–Crippen LogP) is 1.64. The lowest BCUT2D eigenvalue weighted by Gasteiger charge is -2.00. The highest BCUT2D eigenvalue weighted by Crippen LogP contribution is 2.37. The second kappa shape index (κ2) is 2.70. The molecule has 11 heavy (non-hydrogen) atoms. The summed E-state index contributed by atoms with van der Waals surface area (Å²) < 4.78 is 23.9. The monoisotopic (exact) mass is 161 g/mol. The third kappa shape index (κ3) is 1.89. The number of nitrogens with one attached hydrogen (secondary N) is 1. The molecule has 2 rings (SSSR count). The van der Waals surface area contributed by atoms with E-state index in [1.165, 1.54) is 12.8 Å². The van der Waals surface area contributed by atoms with Crippen LogP contribution in [0.5, 0.6) is 0 Å². The molecular weight excluding hydrogens is 148 g/mol. The zero-order chi connectivity index (χ0) is 7.84. The standard InChI is InChI=1S/C8H13F2N/c9-8(10)6-3-7(6)11-4-5-1-2-5/h5-8,11H,1-4H2/t6-,7-/m0/s1. The van der Waals surface area contributed by atoms with Crippen molar-refractivity contribution in [3.63, 3.8) is 0 Å². The van der Waals surface area contributed by atoms with Crippen molar-refractivity contribution in [2.24, 2.45) is 11.8 Å². The first kappa shape index (κ1) is 7.47. The van der Waals surface area contributed by atoms with E-state index in [2.05, 4.69) is 5.32 Å². The molecule has 3 heteroatoms. The van der Waals surface area contributed by atoms with Crippen molar-refractivity contribution in [3.05, 3.63) is 0 Å². The molecule has 0 aromatic carbocycles. The van der Waals surface area contributed by atoms with Crippen molar-refractivity contribution in [1.82, 2.24) is 5.32 Å². The minimum absolute atomic E-state index is 0.135. The van der Waals surface area contributed by atoms with Crippen molar-refractivity contribution in [3.8, 4) is 0 Å². The maximum Gasteiger partial charge on any atom is 0.242 e. The minimum Gasteiger partial charge on any atom is -0.313 e. The quantitative estimate of drug-likeness (QED) is 0.661. The summed E-state index contributed by atoms with van der Waals surface area (Å²) in [6.07, 6.45) is 1.16. The van der Waals surface area contributed by atoms with E-state index in [0.29, 0.717) is 6.42 Å². The van der Waals surface area contributed by atoms with Crippen LogP contribution >= 0.6 is 0 Å². The van der Waals surface area contributed by atoms with Gasteiger partial charge in [-0.15, -0.1) is 0 Å². The molecule has 0 saturated heterocycles. The Bertz CT molecular complexity index is 145. The lowest BCUT2D eigenvalue weighted by atomic mass is 10.4. The van der Waals surface area contributed by atoms with Gasteiger partial charge in [-0.25, -0.2) is 8.78 Å². The second-order valence-electron chi connectivity index (χ2n) is 3.69. The molecule has 2 fully saturated rings. The Morgan fingerprint density at radius 3 is 2.55 bits per heavy atom. The van der Waals surface area contributed by atoms with Crippen molar-refractivity contribution >= 4 is 0 Å². The molecule has 0 radical (unpaired) electrons. The molecule has 1 N–H and O–H groups in total. The number of hydrogen-bond acceptors (Lipinski definition) is 1. The van der Waals surface area contributed by atoms with Gasteiger partial charge in [-0.1, -0.05) is 0 Å². The highest BCUT2D eigenvalue weighted by Gasteiger charge is 2.44. The molecule has 0 aromatic heterocycles. The normalized spacial score (nSPS) is 36.3. The zero-order valence-electron chi connectivity index (χ0n) is 6.39. The van der Waals surface area contributed by atoms with Crippen LogP contribution < -0.4 is 5.32 Å². The van der Waals surface area contributed by atoms with Gasteiger partial charge in [0, 0.05) is 12.0 Å². The summed E-state index contributed by atoms with van der Waals surface area (Å²) in [5, 5.41) is 3.17. The van der Waals surface area contributed by atoms with E-state index in [-0.39, 0.29) is 12.0 Å². The Balaban J connectivity index is 1.59. The van der Waals surface area contributed by atoms with Crippen LogP contribution in [-0.2, 0) is 0 Å². The van der Waals surface area contributed by atoms with Gasteiger partial charge in [0.25, 0.3) is 0 Å². The topological polar surface area (TPSA) is 12.0 Å². The Morgan fingerprint density at radius 1 is 1.36 bits per heavy atom. The number of halogens is 2. The largest absolute Gasteiger partial charge is 0.313 e. The first-order valence-electron chi connectivity index (χ1n) is 4.29. The maximum atomic E-state index is 12.0. The van der Waals surface area contributed by atoms with E-state index in [1.54, 1.807) is 0 Å². The Labute approximate surface area is 65.2 Å². The first-order chi connectivity index (χ1) is 5.27. The molecule has 64 valence electrons. The van der Waals surface area contributed by atoms with E-state index in [0.717, 1.165) is 12.5 Å². The van der Waals surface area contributed by atoms with Crippen LogP contribution in [0.3, 0.4) is 0 Å². The fourth-order valence-corrected chi connectivity index (χ4v) is 1.37. The van der Waals surface area contributed by atoms with Crippen LogP contribution in [0.1, 0.15) is 19.3 Å². The molecule has 0 aliphatic heterocycles. The number of rotatable bonds is 4. The maximum absolute atomic E-state index is 12.0. The van der Waals surface area contributed by atoms with E-state index in [9.17, 15) is 8.78 Å². The van der Waals surface area contributed by atoms with Crippen LogP contribution in [-0.4, -0.2) is 19.0 Å². The van der Waals surface area contributed by atoms with Crippen molar-refractivity contribution in [2.45, 2.75) is 31.7 Å². The van der Waals surface area contributed by atoms with Crippen LogP contribution in [0.15, 0.2) is 0 Å². The molecule has 0 heterocycles. The van der Waals surface area contributed by atoms with Gasteiger partial charge < -0.3 is 5.32 Å². The summed E-state index contributed by atoms with van der Waals surface area (Å²) in [7, 11) is 0. The molecule has 2 aliphatic rings. The second-order valence-corrected chi connectivity index (χ2v) is 3.69. The van der Waals surface area contributed by atoms with E-state index < -0.39 is 6.43 Å². The van der Waals surface area contributed by atoms with Gasteiger partial charge in [-0.05, 0) is 31.7 Å². The molecular formula is C8H13F2N. The molecule has 1 nitrogen and oxygen atoms in total. The highest BCUT2D eigenvalue weighted by molar-refractivity contribution is 4.95. The predicted molar refractivity (Wildman–Crippen MR) is 38.6 cm³/mol. The molecule has 0 unspecified atom stereocenters. The average Bonchev–Trinajstić information content (AvgIpc) is 2.81. The Morgan fingerprint density at radius 2 is 2.09 bits per heavy atom. The summed E-state index contributed by atoms with van der Waals surface area (Å²) in [4.78, 5) is 0. The van der Waals surface area contributed by atoms with Crippen LogP contribution in [0.4, 0.5) is 8.78 Å². The van der Waals surface area contributed by atoms with Gasteiger partial charge in [-0.3, -0.25) is 0 Å². The lowest BCUT2D eigenvalue weighted by Crippen LogP contribution is -2.22. The van der Waals surface area contributed by atoms with Crippen LogP contribution in [0.25, 0.3) is 0 Å². The summed E-state index contributed by atoms with van der Waals surface area (Å²) >= 11 is 0. The van der Waals surface area contributed by atoms with Crippen molar-refractivity contribution in [2.75, 3.05) is 6.54 Å². The fraction of sp³-hybridized carbons (Fsp3) is 1.00. The Hall–Kier alpha value is -0.180. The molecule has 0 bridgehead atoms. The van der Waals surface area contributed by atoms with Gasteiger partial charge in [0.2, 0.25) is 6.43 Å². The van der Waals surface area contributed by atoms with Crippen LogP contribution in [0.2, 0.25) is 0 Å². The van der Waals surface area contributed by atoms with E-state index in [1.807, 2.05) is 0 Å². The average molecular weight is 161 g/mol. The zero-order valence-corrected chi connectivity index (χ0v) is 6.39. The molecule has 0 aromatic rings. The van der Waals surface area contributed by atoms with Crippen molar-refractivity contribution in [1.29, 1.82) is 0 Å². The van der Waals surface area contributed by atoms with Gasteiger partial charge in [0.05, 0.1) is 0 Å². The summed E-state index contributed by atoms with van der Waals surface area (Å²) in [6, 6.07) is 0.135. The van der Waals surface area contributed by atoms with Gasteiger partial charge in [0.15, 0.2) is 0 Å². The van der Waals surface area contributed by atoms with E-state index in [4.69, 9.17) is 0 Å². The number of hydrogen-bond donors (Lipinski definition) is 1. The van der Waals surface area contributed by atoms with Gasteiger partial charge in [0.1, 0.15) is 0 Å². The molecule has 0 amide bonds. The molecule has 0 spiro atoms. The van der Waals surface area contributed by atoms with Crippen molar-refractivity contribution < 1.29 is 8.78 Å². The molecule has 2 saturated carbocycles. The summed E-state index contributed by atoms with van der Waals surface area (Å²) in [5.41, 5.74) is 0. The smallest absolute Gasteiger partial charge is 0.242 e. The van der Waals surface area contributed by atoms with Gasteiger partial charge >= 0.3 is 0 Å². The lowest BCUT2D eigenvalue weighted by molar-refractivity contribution is 0.118. The molecule has 2 aliphatic carbocycles. The fourth-order valence-electron chi connectivity index (χ4n) is 1.37. The molecule has 2 atom stereocenters.